The predicted octanol–water partition coefficient (Wildman–Crippen LogP) is 4.38. The van der Waals surface area contributed by atoms with Crippen molar-refractivity contribution in [3.05, 3.63) is 59.2 Å². The van der Waals surface area contributed by atoms with Crippen LogP contribution in [0.3, 0.4) is 0 Å². The van der Waals surface area contributed by atoms with Crippen LogP contribution in [0.1, 0.15) is 43.4 Å². The number of hydrogen-bond donors (Lipinski definition) is 1. The number of esters is 1. The van der Waals surface area contributed by atoms with Gasteiger partial charge >= 0.3 is 5.97 Å². The summed E-state index contributed by atoms with van der Waals surface area (Å²) in [4.78, 5) is 24.3. The minimum absolute atomic E-state index is 0.245. The van der Waals surface area contributed by atoms with Crippen LogP contribution in [0.25, 0.3) is 0 Å². The molecule has 2 aromatic carbocycles. The largest absolute Gasteiger partial charge is 0.482 e. The van der Waals surface area contributed by atoms with Crippen LogP contribution in [0, 0.1) is 13.8 Å². The lowest BCUT2D eigenvalue weighted by Gasteiger charge is -2.16. The third-order valence-corrected chi connectivity index (χ3v) is 4.20. The zero-order valence-electron chi connectivity index (χ0n) is 16.5. The zero-order chi connectivity index (χ0) is 20.0. The lowest BCUT2D eigenvalue weighted by molar-refractivity contribution is -0.155. The van der Waals surface area contributed by atoms with Gasteiger partial charge in [-0.3, -0.25) is 4.79 Å². The fourth-order valence-electron chi connectivity index (χ4n) is 2.70. The number of amides is 1. The molecule has 0 saturated heterocycles. The second kappa shape index (κ2) is 9.21. The van der Waals surface area contributed by atoms with Gasteiger partial charge in [-0.25, -0.2) is 4.79 Å². The highest BCUT2D eigenvalue weighted by molar-refractivity contribution is 5.95. The highest BCUT2D eigenvalue weighted by Crippen LogP contribution is 2.25. The van der Waals surface area contributed by atoms with Crippen molar-refractivity contribution in [2.24, 2.45) is 0 Å². The quantitative estimate of drug-likeness (QED) is 0.736. The summed E-state index contributed by atoms with van der Waals surface area (Å²) in [6, 6.07) is 13.3. The van der Waals surface area contributed by atoms with Gasteiger partial charge in [-0.15, -0.1) is 0 Å². The molecule has 0 saturated carbocycles. The highest BCUT2D eigenvalue weighted by atomic mass is 16.6. The fourth-order valence-corrected chi connectivity index (χ4v) is 2.70. The molecule has 1 N–H and O–H groups in total. The summed E-state index contributed by atoms with van der Waals surface area (Å²) in [6.07, 6.45) is -0.915. The second-order valence-corrected chi connectivity index (χ2v) is 6.92. The van der Waals surface area contributed by atoms with E-state index in [-0.39, 0.29) is 18.4 Å². The van der Waals surface area contributed by atoms with Crippen LogP contribution in [-0.4, -0.2) is 24.6 Å². The Morgan fingerprint density at radius 3 is 2.41 bits per heavy atom. The van der Waals surface area contributed by atoms with Crippen LogP contribution >= 0.6 is 0 Å². The Morgan fingerprint density at radius 1 is 1.04 bits per heavy atom. The van der Waals surface area contributed by atoms with Crippen molar-refractivity contribution in [2.45, 2.75) is 46.6 Å². The predicted molar refractivity (Wildman–Crippen MR) is 106 cm³/mol. The molecular weight excluding hydrogens is 342 g/mol. The van der Waals surface area contributed by atoms with Crippen molar-refractivity contribution < 1.29 is 19.1 Å². The van der Waals surface area contributed by atoms with Crippen LogP contribution in [0.4, 0.5) is 5.69 Å². The van der Waals surface area contributed by atoms with Crippen molar-refractivity contribution in [2.75, 3.05) is 11.9 Å². The lowest BCUT2D eigenvalue weighted by atomic mass is 10.0. The molecule has 27 heavy (non-hydrogen) atoms. The van der Waals surface area contributed by atoms with E-state index in [0.29, 0.717) is 11.4 Å². The standard InChI is InChI=1S/C22H27NO4/c1-14(2)18-8-6-7-9-20(18)26-13-21(24)27-17(5)22(25)23-19-11-10-15(3)12-16(19)4/h6-12,14,17H,13H2,1-5H3,(H,23,25)/t17-/m1/s1. The molecule has 0 radical (unpaired) electrons. The Morgan fingerprint density at radius 2 is 1.74 bits per heavy atom. The minimum Gasteiger partial charge on any atom is -0.482 e. The normalized spacial score (nSPS) is 11.8. The summed E-state index contributed by atoms with van der Waals surface area (Å²) >= 11 is 0. The van der Waals surface area contributed by atoms with Crippen molar-refractivity contribution in [3.63, 3.8) is 0 Å². The number of carbonyl (C=O) groups excluding carboxylic acids is 2. The van der Waals surface area contributed by atoms with E-state index in [9.17, 15) is 9.59 Å². The molecule has 0 fully saturated rings. The number of ether oxygens (including phenoxy) is 2. The zero-order valence-corrected chi connectivity index (χ0v) is 16.5. The molecular formula is C22H27NO4. The van der Waals surface area contributed by atoms with Crippen molar-refractivity contribution in [1.29, 1.82) is 0 Å². The molecule has 1 atom stereocenters. The van der Waals surface area contributed by atoms with Crippen LogP contribution in [0.15, 0.2) is 42.5 Å². The molecule has 0 bridgehead atoms. The second-order valence-electron chi connectivity index (χ2n) is 6.92. The van der Waals surface area contributed by atoms with Crippen LogP contribution < -0.4 is 10.1 Å². The van der Waals surface area contributed by atoms with Crippen molar-refractivity contribution in [1.82, 2.24) is 0 Å². The van der Waals surface area contributed by atoms with E-state index in [1.165, 1.54) is 0 Å². The maximum atomic E-state index is 12.3. The van der Waals surface area contributed by atoms with Crippen molar-refractivity contribution >= 4 is 17.6 Å². The molecule has 0 spiro atoms. The third kappa shape index (κ3) is 5.84. The molecule has 0 aromatic heterocycles. The van der Waals surface area contributed by atoms with E-state index in [2.05, 4.69) is 19.2 Å². The number of benzene rings is 2. The van der Waals surface area contributed by atoms with Gasteiger partial charge in [0.05, 0.1) is 0 Å². The molecule has 2 aromatic rings. The maximum absolute atomic E-state index is 12.3. The summed E-state index contributed by atoms with van der Waals surface area (Å²) in [7, 11) is 0. The molecule has 1 amide bonds. The molecule has 5 heteroatoms. The Balaban J connectivity index is 1.89. The highest BCUT2D eigenvalue weighted by Gasteiger charge is 2.19. The molecule has 2 rings (SSSR count). The van der Waals surface area contributed by atoms with Gasteiger partial charge in [-0.05, 0) is 49.9 Å². The van der Waals surface area contributed by atoms with E-state index in [1.54, 1.807) is 6.92 Å². The lowest BCUT2D eigenvalue weighted by Crippen LogP contribution is -2.32. The van der Waals surface area contributed by atoms with Gasteiger partial charge in [0.2, 0.25) is 0 Å². The molecule has 5 nitrogen and oxygen atoms in total. The Kier molecular flexibility index (Phi) is 6.99. The van der Waals surface area contributed by atoms with Gasteiger partial charge in [0.25, 0.3) is 5.91 Å². The minimum atomic E-state index is -0.915. The van der Waals surface area contributed by atoms with Crippen LogP contribution in [0.2, 0.25) is 0 Å². The number of anilines is 1. The first-order chi connectivity index (χ1) is 12.8. The average molecular weight is 369 g/mol. The molecule has 0 unspecified atom stereocenters. The number of hydrogen-bond acceptors (Lipinski definition) is 4. The van der Waals surface area contributed by atoms with E-state index in [1.807, 2.05) is 56.3 Å². The number of aryl methyl sites for hydroxylation is 2. The summed E-state index contributed by atoms with van der Waals surface area (Å²) in [5, 5.41) is 2.78. The monoisotopic (exact) mass is 369 g/mol. The first kappa shape index (κ1) is 20.5. The third-order valence-electron chi connectivity index (χ3n) is 4.20. The first-order valence-electron chi connectivity index (χ1n) is 9.07. The van der Waals surface area contributed by atoms with Gasteiger partial charge < -0.3 is 14.8 Å². The average Bonchev–Trinajstić information content (AvgIpc) is 2.62. The number of para-hydroxylation sites is 1. The Bertz CT molecular complexity index is 814. The van der Waals surface area contributed by atoms with E-state index in [0.717, 1.165) is 16.7 Å². The van der Waals surface area contributed by atoms with Crippen LogP contribution in [0.5, 0.6) is 5.75 Å². The number of nitrogens with one attached hydrogen (secondary N) is 1. The summed E-state index contributed by atoms with van der Waals surface area (Å²) < 4.78 is 10.8. The SMILES string of the molecule is Cc1ccc(NC(=O)[C@@H](C)OC(=O)COc2ccccc2C(C)C)c(C)c1. The van der Waals surface area contributed by atoms with E-state index >= 15 is 0 Å². The van der Waals surface area contributed by atoms with Gasteiger partial charge in [0.1, 0.15) is 5.75 Å². The van der Waals surface area contributed by atoms with E-state index in [4.69, 9.17) is 9.47 Å². The number of carbonyl (C=O) groups is 2. The van der Waals surface area contributed by atoms with Crippen molar-refractivity contribution in [3.8, 4) is 5.75 Å². The maximum Gasteiger partial charge on any atom is 0.344 e. The summed E-state index contributed by atoms with van der Waals surface area (Å²) in [5.74, 6) is -0.0359. The smallest absolute Gasteiger partial charge is 0.344 e. The Hall–Kier alpha value is -2.82. The van der Waals surface area contributed by atoms with Gasteiger partial charge in [-0.2, -0.15) is 0 Å². The molecule has 0 aliphatic rings. The van der Waals surface area contributed by atoms with Gasteiger partial charge in [0.15, 0.2) is 12.7 Å². The number of rotatable bonds is 7. The molecule has 0 aliphatic carbocycles. The first-order valence-corrected chi connectivity index (χ1v) is 9.07. The Labute approximate surface area is 160 Å². The van der Waals surface area contributed by atoms with Gasteiger partial charge in [0, 0.05) is 5.69 Å². The topological polar surface area (TPSA) is 64.6 Å². The van der Waals surface area contributed by atoms with Crippen LogP contribution in [-0.2, 0) is 14.3 Å². The summed E-state index contributed by atoms with van der Waals surface area (Å²) in [6.45, 7) is 9.31. The molecule has 144 valence electrons. The van der Waals surface area contributed by atoms with Gasteiger partial charge in [-0.1, -0.05) is 49.7 Å². The molecule has 0 aliphatic heterocycles. The van der Waals surface area contributed by atoms with E-state index < -0.39 is 12.1 Å². The fraction of sp³-hybridized carbons (Fsp3) is 0.364. The molecule has 0 heterocycles. The summed E-state index contributed by atoms with van der Waals surface area (Å²) in [5.41, 5.74) is 3.79.